The van der Waals surface area contributed by atoms with Gasteiger partial charge in [0, 0.05) is 16.9 Å². The van der Waals surface area contributed by atoms with Crippen LogP contribution in [0.2, 0.25) is 0 Å². The summed E-state index contributed by atoms with van der Waals surface area (Å²) in [6, 6.07) is 13.4. The number of carbonyl (C=O) groups is 1. The van der Waals surface area contributed by atoms with Crippen LogP contribution in [0.5, 0.6) is 0 Å². The molecule has 1 heterocycles. The zero-order valence-corrected chi connectivity index (χ0v) is 11.2. The molecule has 0 amide bonds. The van der Waals surface area contributed by atoms with Crippen LogP contribution in [0.4, 0.5) is 0 Å². The van der Waals surface area contributed by atoms with Crippen LogP contribution in [-0.4, -0.2) is 18.5 Å². The summed E-state index contributed by atoms with van der Waals surface area (Å²) in [6.45, 7) is 2.39. The minimum atomic E-state index is -0.382. The van der Waals surface area contributed by atoms with E-state index in [1.54, 1.807) is 11.3 Å². The van der Waals surface area contributed by atoms with Crippen LogP contribution in [0.25, 0.3) is 0 Å². The largest absolute Gasteiger partial charge is 0.370 e. The summed E-state index contributed by atoms with van der Waals surface area (Å²) in [5.74, 6) is 0.0433. The standard InChI is InChI=1S/C15H16O2S/c1-12(15(16)13-6-3-2-4-7-13)17-10-9-14-8-5-11-18-14/h2-8,11-12H,9-10H2,1H3. The predicted molar refractivity (Wildman–Crippen MR) is 74.2 cm³/mol. The molecule has 0 bridgehead atoms. The summed E-state index contributed by atoms with van der Waals surface area (Å²) in [5, 5.41) is 2.05. The fourth-order valence-electron chi connectivity index (χ4n) is 1.70. The number of hydrogen-bond acceptors (Lipinski definition) is 3. The Morgan fingerprint density at radius 2 is 2.00 bits per heavy atom. The molecule has 0 saturated carbocycles. The van der Waals surface area contributed by atoms with Crippen LogP contribution >= 0.6 is 11.3 Å². The van der Waals surface area contributed by atoms with Crippen LogP contribution in [0, 0.1) is 0 Å². The van der Waals surface area contributed by atoms with Gasteiger partial charge in [0.1, 0.15) is 6.10 Å². The highest BCUT2D eigenvalue weighted by Gasteiger charge is 2.14. The molecule has 3 heteroatoms. The second-order valence-corrected chi connectivity index (χ2v) is 5.10. The molecule has 18 heavy (non-hydrogen) atoms. The molecule has 0 aliphatic heterocycles. The third-order valence-electron chi connectivity index (χ3n) is 2.72. The summed E-state index contributed by atoms with van der Waals surface area (Å²) < 4.78 is 5.59. The van der Waals surface area contributed by atoms with Gasteiger partial charge in [0.05, 0.1) is 6.61 Å². The first kappa shape index (κ1) is 13.0. The van der Waals surface area contributed by atoms with Gasteiger partial charge in [-0.2, -0.15) is 0 Å². The molecule has 2 aromatic rings. The number of hydrogen-bond donors (Lipinski definition) is 0. The zero-order chi connectivity index (χ0) is 12.8. The Morgan fingerprint density at radius 1 is 1.22 bits per heavy atom. The van der Waals surface area contributed by atoms with Gasteiger partial charge < -0.3 is 4.74 Å². The molecular formula is C15H16O2S. The first-order valence-electron chi connectivity index (χ1n) is 6.00. The van der Waals surface area contributed by atoms with E-state index >= 15 is 0 Å². The molecule has 2 rings (SSSR count). The van der Waals surface area contributed by atoms with Crippen LogP contribution in [0.1, 0.15) is 22.2 Å². The molecule has 94 valence electrons. The quantitative estimate of drug-likeness (QED) is 0.742. The van der Waals surface area contributed by atoms with Gasteiger partial charge in [0.15, 0.2) is 5.78 Å². The minimum Gasteiger partial charge on any atom is -0.370 e. The number of rotatable bonds is 6. The van der Waals surface area contributed by atoms with Gasteiger partial charge in [-0.3, -0.25) is 4.79 Å². The highest BCUT2D eigenvalue weighted by atomic mass is 32.1. The normalized spacial score (nSPS) is 12.3. The fourth-order valence-corrected chi connectivity index (χ4v) is 2.39. The average Bonchev–Trinajstić information content (AvgIpc) is 2.92. The van der Waals surface area contributed by atoms with Crippen LogP contribution in [0.3, 0.4) is 0 Å². The van der Waals surface area contributed by atoms with E-state index in [2.05, 4.69) is 6.07 Å². The summed E-state index contributed by atoms with van der Waals surface area (Å²) in [4.78, 5) is 13.3. The molecule has 0 aliphatic carbocycles. The summed E-state index contributed by atoms with van der Waals surface area (Å²) >= 11 is 1.71. The lowest BCUT2D eigenvalue weighted by molar-refractivity contribution is 0.0488. The fraction of sp³-hybridized carbons (Fsp3) is 0.267. The second-order valence-electron chi connectivity index (χ2n) is 4.07. The molecule has 0 fully saturated rings. The number of ketones is 1. The lowest BCUT2D eigenvalue weighted by atomic mass is 10.1. The van der Waals surface area contributed by atoms with Crippen molar-refractivity contribution in [1.29, 1.82) is 0 Å². The second kappa shape index (κ2) is 6.47. The van der Waals surface area contributed by atoms with Gasteiger partial charge in [-0.1, -0.05) is 36.4 Å². The monoisotopic (exact) mass is 260 g/mol. The van der Waals surface area contributed by atoms with Crippen molar-refractivity contribution < 1.29 is 9.53 Å². The molecule has 0 radical (unpaired) electrons. The Bertz CT molecular complexity index is 476. The molecule has 1 aromatic heterocycles. The van der Waals surface area contributed by atoms with Crippen molar-refractivity contribution >= 4 is 17.1 Å². The highest BCUT2D eigenvalue weighted by molar-refractivity contribution is 7.09. The Labute approximate surface area is 111 Å². The van der Waals surface area contributed by atoms with Crippen molar-refractivity contribution in [1.82, 2.24) is 0 Å². The van der Waals surface area contributed by atoms with E-state index in [4.69, 9.17) is 4.74 Å². The molecule has 1 aromatic carbocycles. The number of carbonyl (C=O) groups excluding carboxylic acids is 1. The van der Waals surface area contributed by atoms with Crippen molar-refractivity contribution in [3.05, 3.63) is 58.3 Å². The van der Waals surface area contributed by atoms with Crippen molar-refractivity contribution in [3.63, 3.8) is 0 Å². The molecule has 0 saturated heterocycles. The maximum Gasteiger partial charge on any atom is 0.191 e. The Balaban J connectivity index is 1.81. The third-order valence-corrected chi connectivity index (χ3v) is 3.66. The van der Waals surface area contributed by atoms with E-state index in [0.717, 1.165) is 6.42 Å². The van der Waals surface area contributed by atoms with Gasteiger partial charge in [0.25, 0.3) is 0 Å². The van der Waals surface area contributed by atoms with Crippen molar-refractivity contribution in [3.8, 4) is 0 Å². The van der Waals surface area contributed by atoms with Gasteiger partial charge in [-0.15, -0.1) is 11.3 Å². The maximum absolute atomic E-state index is 12.0. The summed E-state index contributed by atoms with van der Waals surface area (Å²) in [7, 11) is 0. The van der Waals surface area contributed by atoms with E-state index in [0.29, 0.717) is 12.2 Å². The molecule has 1 atom stereocenters. The first-order chi connectivity index (χ1) is 8.77. The van der Waals surface area contributed by atoms with Gasteiger partial charge >= 0.3 is 0 Å². The molecule has 1 unspecified atom stereocenters. The van der Waals surface area contributed by atoms with Crippen LogP contribution in [-0.2, 0) is 11.2 Å². The van der Waals surface area contributed by atoms with Gasteiger partial charge in [0.2, 0.25) is 0 Å². The van der Waals surface area contributed by atoms with Crippen molar-refractivity contribution in [2.45, 2.75) is 19.4 Å². The Kier molecular flexibility index (Phi) is 4.67. The molecule has 0 N–H and O–H groups in total. The Hall–Kier alpha value is -1.45. The zero-order valence-electron chi connectivity index (χ0n) is 10.3. The molecule has 0 spiro atoms. The van der Waals surface area contributed by atoms with E-state index in [9.17, 15) is 4.79 Å². The molecule has 0 aliphatic rings. The lowest BCUT2D eigenvalue weighted by Crippen LogP contribution is -2.21. The predicted octanol–water partition coefficient (Wildman–Crippen LogP) is 3.58. The van der Waals surface area contributed by atoms with Gasteiger partial charge in [-0.25, -0.2) is 0 Å². The Morgan fingerprint density at radius 3 is 2.67 bits per heavy atom. The SMILES string of the molecule is CC(OCCc1cccs1)C(=O)c1ccccc1. The summed E-state index contributed by atoms with van der Waals surface area (Å²) in [5.41, 5.74) is 0.709. The van der Waals surface area contributed by atoms with E-state index in [-0.39, 0.29) is 11.9 Å². The van der Waals surface area contributed by atoms with E-state index in [1.807, 2.05) is 48.7 Å². The van der Waals surface area contributed by atoms with Crippen LogP contribution < -0.4 is 0 Å². The summed E-state index contributed by atoms with van der Waals surface area (Å²) in [6.07, 6.45) is 0.483. The third kappa shape index (κ3) is 3.52. The molecule has 2 nitrogen and oxygen atoms in total. The number of thiophene rings is 1. The van der Waals surface area contributed by atoms with E-state index in [1.165, 1.54) is 4.88 Å². The number of ether oxygens (including phenoxy) is 1. The maximum atomic E-state index is 12.0. The lowest BCUT2D eigenvalue weighted by Gasteiger charge is -2.11. The average molecular weight is 260 g/mol. The minimum absolute atomic E-state index is 0.0433. The smallest absolute Gasteiger partial charge is 0.191 e. The topological polar surface area (TPSA) is 26.3 Å². The number of benzene rings is 1. The highest BCUT2D eigenvalue weighted by Crippen LogP contribution is 2.11. The van der Waals surface area contributed by atoms with E-state index < -0.39 is 0 Å². The number of Topliss-reactive ketones (excluding diaryl/α,β-unsaturated/α-hetero) is 1. The van der Waals surface area contributed by atoms with Crippen LogP contribution in [0.15, 0.2) is 47.8 Å². The van der Waals surface area contributed by atoms with Gasteiger partial charge in [-0.05, 0) is 18.4 Å². The van der Waals surface area contributed by atoms with Crippen molar-refractivity contribution in [2.75, 3.05) is 6.61 Å². The molecular weight excluding hydrogens is 244 g/mol. The van der Waals surface area contributed by atoms with Crippen molar-refractivity contribution in [2.24, 2.45) is 0 Å². The first-order valence-corrected chi connectivity index (χ1v) is 6.88.